The zero-order valence-corrected chi connectivity index (χ0v) is 8.69. The van der Waals surface area contributed by atoms with Crippen molar-refractivity contribution in [3.63, 3.8) is 0 Å². The number of furan rings is 1. The molecule has 0 saturated heterocycles. The van der Waals surface area contributed by atoms with Crippen LogP contribution in [0.15, 0.2) is 23.0 Å². The van der Waals surface area contributed by atoms with E-state index in [1.54, 1.807) is 6.07 Å². The highest BCUT2D eigenvalue weighted by Crippen LogP contribution is 2.25. The van der Waals surface area contributed by atoms with Gasteiger partial charge in [0.05, 0.1) is 11.8 Å². The van der Waals surface area contributed by atoms with E-state index >= 15 is 0 Å². The van der Waals surface area contributed by atoms with E-state index in [0.717, 1.165) is 12.8 Å². The van der Waals surface area contributed by atoms with Crippen molar-refractivity contribution in [1.29, 1.82) is 0 Å². The average Bonchev–Trinajstić information content (AvgIpc) is 2.66. The molecule has 4 heteroatoms. The highest BCUT2D eigenvalue weighted by atomic mass is 16.3. The summed E-state index contributed by atoms with van der Waals surface area (Å²) >= 11 is 0. The molecule has 0 aliphatic heterocycles. The molecule has 0 radical (unpaired) electrons. The fraction of sp³-hybridized carbons (Fsp3) is 0.545. The molecule has 0 aromatic carbocycles. The highest BCUT2D eigenvalue weighted by Gasteiger charge is 2.29. The maximum atomic E-state index is 12.0. The third kappa shape index (κ3) is 2.04. The monoisotopic (exact) mass is 208 g/mol. The van der Waals surface area contributed by atoms with E-state index in [-0.39, 0.29) is 5.91 Å². The van der Waals surface area contributed by atoms with Gasteiger partial charge in [0.15, 0.2) is 0 Å². The highest BCUT2D eigenvalue weighted by molar-refractivity contribution is 5.94. The van der Waals surface area contributed by atoms with Crippen LogP contribution in [0.4, 0.5) is 0 Å². The maximum absolute atomic E-state index is 12.0. The Balaban J connectivity index is 2.06. The van der Waals surface area contributed by atoms with Gasteiger partial charge >= 0.3 is 0 Å². The van der Waals surface area contributed by atoms with E-state index in [9.17, 15) is 4.79 Å². The van der Waals surface area contributed by atoms with E-state index in [1.807, 2.05) is 4.90 Å². The predicted molar refractivity (Wildman–Crippen MR) is 56.4 cm³/mol. The van der Waals surface area contributed by atoms with Gasteiger partial charge in [-0.1, -0.05) is 0 Å². The maximum Gasteiger partial charge on any atom is 0.257 e. The number of hydrogen-bond donors (Lipinski definition) is 1. The van der Waals surface area contributed by atoms with Crippen LogP contribution in [0.1, 0.15) is 29.6 Å². The van der Waals surface area contributed by atoms with Gasteiger partial charge in [-0.2, -0.15) is 0 Å². The van der Waals surface area contributed by atoms with Gasteiger partial charge in [0.1, 0.15) is 6.26 Å². The summed E-state index contributed by atoms with van der Waals surface area (Å²) in [7, 11) is 0. The third-order valence-corrected chi connectivity index (χ3v) is 2.91. The lowest BCUT2D eigenvalue weighted by atomic mass is 9.91. The van der Waals surface area contributed by atoms with E-state index in [0.29, 0.717) is 24.7 Å². The summed E-state index contributed by atoms with van der Waals surface area (Å²) in [5.41, 5.74) is 6.14. The predicted octanol–water partition coefficient (Wildman–Crippen LogP) is 1.23. The van der Waals surface area contributed by atoms with E-state index in [1.165, 1.54) is 18.9 Å². The Morgan fingerprint density at radius 2 is 2.40 bits per heavy atom. The third-order valence-electron chi connectivity index (χ3n) is 2.91. The first kappa shape index (κ1) is 10.2. The van der Waals surface area contributed by atoms with Crippen LogP contribution in [-0.2, 0) is 0 Å². The topological polar surface area (TPSA) is 59.5 Å². The Morgan fingerprint density at radius 1 is 1.60 bits per heavy atom. The van der Waals surface area contributed by atoms with Crippen LogP contribution in [0, 0.1) is 0 Å². The number of carbonyl (C=O) groups excluding carboxylic acids is 1. The van der Waals surface area contributed by atoms with Gasteiger partial charge in [-0.3, -0.25) is 4.79 Å². The molecule has 1 amide bonds. The smallest absolute Gasteiger partial charge is 0.257 e. The first-order chi connectivity index (χ1) is 7.33. The number of nitrogens with zero attached hydrogens (tertiary/aromatic N) is 1. The zero-order chi connectivity index (χ0) is 10.7. The lowest BCUT2D eigenvalue weighted by molar-refractivity contribution is 0.0588. The lowest BCUT2D eigenvalue weighted by Gasteiger charge is -2.37. The molecule has 0 atom stereocenters. The molecule has 1 aliphatic rings. The van der Waals surface area contributed by atoms with Crippen LogP contribution in [0.25, 0.3) is 0 Å². The number of nitrogens with two attached hydrogens (primary N) is 1. The summed E-state index contributed by atoms with van der Waals surface area (Å²) in [6.07, 6.45) is 6.43. The van der Waals surface area contributed by atoms with Gasteiger partial charge in [-0.05, 0) is 25.3 Å². The normalized spacial score (nSPS) is 16.1. The summed E-state index contributed by atoms with van der Waals surface area (Å²) in [4.78, 5) is 13.9. The zero-order valence-electron chi connectivity index (χ0n) is 8.69. The Morgan fingerprint density at radius 3 is 2.87 bits per heavy atom. The molecule has 1 fully saturated rings. The van der Waals surface area contributed by atoms with Crippen molar-refractivity contribution in [1.82, 2.24) is 4.90 Å². The number of hydrogen-bond acceptors (Lipinski definition) is 3. The van der Waals surface area contributed by atoms with Crippen molar-refractivity contribution >= 4 is 5.91 Å². The van der Waals surface area contributed by atoms with E-state index < -0.39 is 0 Å². The van der Waals surface area contributed by atoms with Crippen LogP contribution >= 0.6 is 0 Å². The molecule has 1 aliphatic carbocycles. The molecular weight excluding hydrogens is 192 g/mol. The molecule has 1 heterocycles. The summed E-state index contributed by atoms with van der Waals surface area (Å²) in [6.45, 7) is 1.15. The van der Waals surface area contributed by atoms with Gasteiger partial charge < -0.3 is 15.1 Å². The first-order valence-corrected chi connectivity index (χ1v) is 5.36. The number of carbonyl (C=O) groups is 1. The molecule has 82 valence electrons. The van der Waals surface area contributed by atoms with Crippen molar-refractivity contribution in [2.45, 2.75) is 25.3 Å². The van der Waals surface area contributed by atoms with Crippen LogP contribution in [0.3, 0.4) is 0 Å². The van der Waals surface area contributed by atoms with E-state index in [2.05, 4.69) is 0 Å². The van der Waals surface area contributed by atoms with Crippen LogP contribution < -0.4 is 5.73 Å². The van der Waals surface area contributed by atoms with Crippen molar-refractivity contribution < 1.29 is 9.21 Å². The Kier molecular flexibility index (Phi) is 3.06. The molecule has 15 heavy (non-hydrogen) atoms. The molecule has 1 aromatic heterocycles. The minimum absolute atomic E-state index is 0.0406. The largest absolute Gasteiger partial charge is 0.472 e. The minimum atomic E-state index is 0.0406. The fourth-order valence-corrected chi connectivity index (χ4v) is 1.84. The second kappa shape index (κ2) is 4.49. The molecule has 1 aromatic rings. The van der Waals surface area contributed by atoms with E-state index in [4.69, 9.17) is 10.2 Å². The van der Waals surface area contributed by atoms with Crippen molar-refractivity contribution in [2.24, 2.45) is 5.73 Å². The molecular formula is C11H16N2O2. The molecule has 1 saturated carbocycles. The lowest BCUT2D eigenvalue weighted by Crippen LogP contribution is -2.46. The molecule has 0 spiro atoms. The second-order valence-electron chi connectivity index (χ2n) is 3.88. The van der Waals surface area contributed by atoms with Crippen molar-refractivity contribution in [3.05, 3.63) is 24.2 Å². The summed E-state index contributed by atoms with van der Waals surface area (Å²) in [5, 5.41) is 0. The Hall–Kier alpha value is -1.29. The number of rotatable bonds is 4. The molecule has 2 rings (SSSR count). The standard InChI is InChI=1S/C11H16N2O2/c12-5-6-13(10-2-1-3-10)11(14)9-4-7-15-8-9/h4,7-8,10H,1-3,5-6,12H2. The molecule has 4 nitrogen and oxygen atoms in total. The summed E-state index contributed by atoms with van der Waals surface area (Å²) in [5.74, 6) is 0.0406. The first-order valence-electron chi connectivity index (χ1n) is 5.36. The van der Waals surface area contributed by atoms with Crippen LogP contribution in [0.2, 0.25) is 0 Å². The van der Waals surface area contributed by atoms with Gasteiger partial charge in [-0.15, -0.1) is 0 Å². The van der Waals surface area contributed by atoms with Gasteiger partial charge in [0.2, 0.25) is 0 Å². The summed E-state index contributed by atoms with van der Waals surface area (Å²) < 4.78 is 4.92. The van der Waals surface area contributed by atoms with Crippen molar-refractivity contribution in [3.8, 4) is 0 Å². The summed E-state index contributed by atoms with van der Waals surface area (Å²) in [6, 6.07) is 2.08. The Labute approximate surface area is 89.0 Å². The van der Waals surface area contributed by atoms with Gasteiger partial charge in [0.25, 0.3) is 5.91 Å². The van der Waals surface area contributed by atoms with Crippen LogP contribution in [-0.4, -0.2) is 29.9 Å². The minimum Gasteiger partial charge on any atom is -0.472 e. The molecule has 0 unspecified atom stereocenters. The van der Waals surface area contributed by atoms with Crippen LogP contribution in [0.5, 0.6) is 0 Å². The second-order valence-corrected chi connectivity index (χ2v) is 3.88. The van der Waals surface area contributed by atoms with Gasteiger partial charge in [-0.25, -0.2) is 0 Å². The average molecular weight is 208 g/mol. The number of amides is 1. The quantitative estimate of drug-likeness (QED) is 0.809. The van der Waals surface area contributed by atoms with Gasteiger partial charge in [0, 0.05) is 19.1 Å². The SMILES string of the molecule is NCCN(C(=O)c1ccoc1)C1CCC1. The Bertz CT molecular complexity index is 317. The molecule has 2 N–H and O–H groups in total. The molecule has 0 bridgehead atoms. The fourth-order valence-electron chi connectivity index (χ4n) is 1.84. The van der Waals surface area contributed by atoms with Crippen molar-refractivity contribution in [2.75, 3.05) is 13.1 Å².